The third-order valence-corrected chi connectivity index (χ3v) is 7.16. The number of furan rings is 1. The number of nitrogens with zero attached hydrogens (tertiary/aromatic N) is 3. The summed E-state index contributed by atoms with van der Waals surface area (Å²) in [6.45, 7) is 4.04. The summed E-state index contributed by atoms with van der Waals surface area (Å²) in [5.74, 6) is -2.09. The van der Waals surface area contributed by atoms with Gasteiger partial charge in [-0.25, -0.2) is 18.7 Å². The first kappa shape index (κ1) is 30.4. The van der Waals surface area contributed by atoms with E-state index in [2.05, 4.69) is 25.5 Å². The molecule has 0 bridgehead atoms. The molecular weight excluding hydrogens is 580 g/mol. The van der Waals surface area contributed by atoms with Gasteiger partial charge in [-0.2, -0.15) is 0 Å². The summed E-state index contributed by atoms with van der Waals surface area (Å²) in [6, 6.07) is 13.8. The molecule has 0 radical (unpaired) electrons. The zero-order valence-electron chi connectivity index (χ0n) is 23.4. The number of fused-ring (bicyclic) bond motifs is 1. The van der Waals surface area contributed by atoms with Crippen molar-refractivity contribution in [1.29, 1.82) is 0 Å². The minimum Gasteiger partial charge on any atom is -0.484 e. The number of nitrogens with one attached hydrogen (secondary N) is 2. The lowest BCUT2D eigenvalue weighted by Crippen LogP contribution is -2.36. The molecule has 2 N–H and O–H groups in total. The summed E-state index contributed by atoms with van der Waals surface area (Å²) in [6.07, 6.45) is 5.25. The van der Waals surface area contributed by atoms with Crippen LogP contribution in [0.2, 0.25) is 5.02 Å². The number of hydrogen-bond donors (Lipinski definition) is 2. The van der Waals surface area contributed by atoms with Gasteiger partial charge in [-0.05, 0) is 74.0 Å². The quantitative estimate of drug-likeness (QED) is 0.125. The lowest BCUT2D eigenvalue weighted by atomic mass is 10.1. The summed E-state index contributed by atoms with van der Waals surface area (Å²) in [7, 11) is 0. The van der Waals surface area contributed by atoms with Gasteiger partial charge in [0.15, 0.2) is 0 Å². The van der Waals surface area contributed by atoms with Crippen LogP contribution in [0.25, 0.3) is 10.9 Å². The number of carbonyl (C=O) groups excluding carboxylic acids is 1. The maximum atomic E-state index is 14.4. The normalized spacial score (nSPS) is 14.3. The molecule has 3 heterocycles. The van der Waals surface area contributed by atoms with E-state index in [0.29, 0.717) is 76.8 Å². The fourth-order valence-electron chi connectivity index (χ4n) is 4.60. The second-order valence-corrected chi connectivity index (χ2v) is 10.5. The van der Waals surface area contributed by atoms with Crippen molar-refractivity contribution in [3.63, 3.8) is 0 Å². The minimum atomic E-state index is -3.07. The molecule has 1 saturated heterocycles. The fraction of sp³-hybridized carbons (Fsp3) is 0.323. The van der Waals surface area contributed by atoms with Crippen molar-refractivity contribution in [1.82, 2.24) is 14.9 Å². The second-order valence-electron chi connectivity index (χ2n) is 10.1. The third-order valence-electron chi connectivity index (χ3n) is 6.86. The highest BCUT2D eigenvalue weighted by molar-refractivity contribution is 6.32. The van der Waals surface area contributed by atoms with Crippen molar-refractivity contribution in [3.8, 4) is 5.75 Å². The Labute approximate surface area is 252 Å². The Hall–Kier alpha value is -4.06. The first-order valence-corrected chi connectivity index (χ1v) is 14.4. The molecule has 2 aromatic heterocycles. The van der Waals surface area contributed by atoms with Gasteiger partial charge in [0.25, 0.3) is 5.92 Å². The van der Waals surface area contributed by atoms with Crippen LogP contribution in [0.5, 0.6) is 5.75 Å². The van der Waals surface area contributed by atoms with Crippen molar-refractivity contribution >= 4 is 45.6 Å². The van der Waals surface area contributed by atoms with Crippen molar-refractivity contribution < 1.29 is 27.5 Å². The van der Waals surface area contributed by atoms with Crippen molar-refractivity contribution in [2.24, 2.45) is 0 Å². The van der Waals surface area contributed by atoms with E-state index in [1.54, 1.807) is 48.7 Å². The van der Waals surface area contributed by atoms with Crippen LogP contribution in [-0.4, -0.2) is 59.5 Å². The monoisotopic (exact) mass is 611 g/mol. The first-order chi connectivity index (χ1) is 20.8. The van der Waals surface area contributed by atoms with E-state index in [0.717, 1.165) is 25.7 Å². The summed E-state index contributed by atoms with van der Waals surface area (Å²) in [5, 5.41) is 6.86. The Balaban J connectivity index is 1.17. The average molecular weight is 612 g/mol. The maximum absolute atomic E-state index is 14.4. The fourth-order valence-corrected chi connectivity index (χ4v) is 4.83. The number of morpholine rings is 1. The van der Waals surface area contributed by atoms with Gasteiger partial charge >= 0.3 is 0 Å². The van der Waals surface area contributed by atoms with Gasteiger partial charge in [-0.3, -0.25) is 9.69 Å². The summed E-state index contributed by atoms with van der Waals surface area (Å²) in [4.78, 5) is 23.3. The van der Waals surface area contributed by atoms with E-state index >= 15 is 0 Å². The number of unbranched alkanes of at least 4 members (excludes halogenated alkanes) is 1. The van der Waals surface area contributed by atoms with E-state index in [9.17, 15) is 13.6 Å². The standard InChI is InChI=1S/C31H32ClF2N5O4/c32-26-19-23(6-8-28(26)43-20-24-4-3-15-42-24)38-30-25-18-22(5-7-27(25)35-21-36-30)37-29(40)9-11-31(33,34)10-1-2-12-39-13-16-41-17-14-39/h3-9,11,15,18-19,21H,1-2,10,12-14,16-17,20H2,(H,37,40)(H,35,36,38). The topological polar surface area (TPSA) is 102 Å². The predicted molar refractivity (Wildman–Crippen MR) is 161 cm³/mol. The maximum Gasteiger partial charge on any atom is 0.266 e. The largest absolute Gasteiger partial charge is 0.484 e. The summed E-state index contributed by atoms with van der Waals surface area (Å²) < 4.78 is 45.0. The number of ether oxygens (including phenoxy) is 2. The van der Waals surface area contributed by atoms with Crippen LogP contribution in [0.3, 0.4) is 0 Å². The highest BCUT2D eigenvalue weighted by atomic mass is 35.5. The Morgan fingerprint density at radius 2 is 1.93 bits per heavy atom. The number of rotatable bonds is 13. The van der Waals surface area contributed by atoms with Gasteiger partial charge < -0.3 is 24.5 Å². The number of amides is 1. The van der Waals surface area contributed by atoms with E-state index in [4.69, 9.17) is 25.5 Å². The highest BCUT2D eigenvalue weighted by Gasteiger charge is 2.25. The number of allylic oxidation sites excluding steroid dienone is 1. The van der Waals surface area contributed by atoms with E-state index in [1.807, 2.05) is 6.07 Å². The van der Waals surface area contributed by atoms with Gasteiger partial charge in [-0.15, -0.1) is 0 Å². The number of hydrogen-bond acceptors (Lipinski definition) is 8. The first-order valence-electron chi connectivity index (χ1n) is 14.0. The van der Waals surface area contributed by atoms with Crippen LogP contribution >= 0.6 is 11.6 Å². The molecular formula is C31H32ClF2N5O4. The Kier molecular flexibility index (Phi) is 10.2. The summed E-state index contributed by atoms with van der Waals surface area (Å²) >= 11 is 6.42. The molecule has 0 unspecified atom stereocenters. The molecule has 12 heteroatoms. The lowest BCUT2D eigenvalue weighted by Gasteiger charge is -2.26. The molecule has 4 aromatic rings. The molecule has 5 rings (SSSR count). The molecule has 1 aliphatic rings. The van der Waals surface area contributed by atoms with Crippen LogP contribution in [0, 0.1) is 0 Å². The Bertz CT molecular complexity index is 1540. The number of anilines is 3. The number of carbonyl (C=O) groups is 1. The molecule has 2 aromatic carbocycles. The van der Waals surface area contributed by atoms with Gasteiger partial charge in [0.05, 0.1) is 30.0 Å². The van der Waals surface area contributed by atoms with Crippen LogP contribution in [0.1, 0.15) is 25.0 Å². The van der Waals surface area contributed by atoms with Gasteiger partial charge in [-0.1, -0.05) is 11.6 Å². The molecule has 43 heavy (non-hydrogen) atoms. The molecule has 0 saturated carbocycles. The zero-order chi connectivity index (χ0) is 30.1. The number of aromatic nitrogens is 2. The second kappa shape index (κ2) is 14.4. The molecule has 226 valence electrons. The highest BCUT2D eigenvalue weighted by Crippen LogP contribution is 2.32. The molecule has 1 fully saturated rings. The van der Waals surface area contributed by atoms with E-state index in [-0.39, 0.29) is 13.0 Å². The minimum absolute atomic E-state index is 0.243. The number of benzene rings is 2. The Morgan fingerprint density at radius 1 is 1.09 bits per heavy atom. The third kappa shape index (κ3) is 8.96. The summed E-state index contributed by atoms with van der Waals surface area (Å²) in [5.41, 5.74) is 1.69. The van der Waals surface area contributed by atoms with Crippen molar-refractivity contribution in [2.75, 3.05) is 43.5 Å². The van der Waals surface area contributed by atoms with Crippen LogP contribution in [-0.2, 0) is 16.1 Å². The number of halogens is 3. The molecule has 0 aliphatic carbocycles. The van der Waals surface area contributed by atoms with E-state index < -0.39 is 11.8 Å². The smallest absolute Gasteiger partial charge is 0.266 e. The molecule has 0 atom stereocenters. The van der Waals surface area contributed by atoms with Crippen LogP contribution in [0.15, 0.2) is 77.7 Å². The molecule has 9 nitrogen and oxygen atoms in total. The average Bonchev–Trinajstić information content (AvgIpc) is 3.53. The van der Waals surface area contributed by atoms with Crippen LogP contribution < -0.4 is 15.4 Å². The van der Waals surface area contributed by atoms with Crippen molar-refractivity contribution in [3.05, 3.63) is 84.1 Å². The van der Waals surface area contributed by atoms with Crippen molar-refractivity contribution in [2.45, 2.75) is 31.8 Å². The zero-order valence-corrected chi connectivity index (χ0v) is 24.2. The Morgan fingerprint density at radius 3 is 2.72 bits per heavy atom. The molecule has 1 aliphatic heterocycles. The van der Waals surface area contributed by atoms with E-state index in [1.165, 1.54) is 6.33 Å². The predicted octanol–water partition coefficient (Wildman–Crippen LogP) is 6.83. The SMILES string of the molecule is O=C(C=CC(F)(F)CCCCN1CCOCC1)Nc1ccc2ncnc(Nc3ccc(OCc4ccco4)c(Cl)c3)c2c1. The number of alkyl halides is 2. The molecule has 1 amide bonds. The van der Waals surface area contributed by atoms with Gasteiger partial charge in [0.1, 0.15) is 30.3 Å². The lowest BCUT2D eigenvalue weighted by molar-refractivity contribution is -0.112. The molecule has 0 spiro atoms. The van der Waals surface area contributed by atoms with Gasteiger partial charge in [0, 0.05) is 42.3 Å². The van der Waals surface area contributed by atoms with Crippen LogP contribution in [0.4, 0.5) is 26.0 Å². The van der Waals surface area contributed by atoms with Gasteiger partial charge in [0.2, 0.25) is 5.91 Å².